The molecule has 0 bridgehead atoms. The number of rotatable bonds is 7. The van der Waals surface area contributed by atoms with Gasteiger partial charge in [-0.1, -0.05) is 12.5 Å². The van der Waals surface area contributed by atoms with Gasteiger partial charge in [-0.2, -0.15) is 8.78 Å². The van der Waals surface area contributed by atoms with E-state index in [0.29, 0.717) is 18.4 Å². The molecule has 138 valence electrons. The second-order valence-electron chi connectivity index (χ2n) is 5.99. The van der Waals surface area contributed by atoms with Gasteiger partial charge in [-0.3, -0.25) is 4.90 Å². The van der Waals surface area contributed by atoms with Crippen LogP contribution in [0.3, 0.4) is 0 Å². The fraction of sp³-hybridized carbons (Fsp3) is 0.647. The quantitative estimate of drug-likeness (QED) is 0.799. The lowest BCUT2D eigenvalue weighted by molar-refractivity contribution is -0.0514. The fourth-order valence-corrected chi connectivity index (χ4v) is 3.16. The van der Waals surface area contributed by atoms with Crippen molar-refractivity contribution < 1.29 is 18.3 Å². The van der Waals surface area contributed by atoms with Gasteiger partial charge >= 0.3 is 6.61 Å². The largest absolute Gasteiger partial charge is 0.490 e. The van der Waals surface area contributed by atoms with Crippen molar-refractivity contribution >= 4 is 12.4 Å². The molecule has 24 heavy (non-hydrogen) atoms. The highest BCUT2D eigenvalue weighted by Gasteiger charge is 2.25. The molecule has 1 heterocycles. The maximum Gasteiger partial charge on any atom is 0.387 e. The molecule has 0 radical (unpaired) electrons. The van der Waals surface area contributed by atoms with Crippen molar-refractivity contribution in [3.63, 3.8) is 0 Å². The summed E-state index contributed by atoms with van der Waals surface area (Å²) in [4.78, 5) is 2.37. The van der Waals surface area contributed by atoms with Gasteiger partial charge in [-0.15, -0.1) is 12.4 Å². The van der Waals surface area contributed by atoms with Crippen molar-refractivity contribution in [1.29, 1.82) is 0 Å². The number of ether oxygens (including phenoxy) is 2. The molecule has 0 saturated carbocycles. The summed E-state index contributed by atoms with van der Waals surface area (Å²) in [7, 11) is 0. The monoisotopic (exact) mass is 364 g/mol. The number of likely N-dealkylation sites (tertiary alicyclic amines) is 1. The van der Waals surface area contributed by atoms with Gasteiger partial charge in [-0.05, 0) is 50.9 Å². The Morgan fingerprint density at radius 1 is 1.29 bits per heavy atom. The van der Waals surface area contributed by atoms with Crippen LogP contribution >= 0.6 is 12.4 Å². The number of halogens is 3. The van der Waals surface area contributed by atoms with Crippen molar-refractivity contribution in [3.05, 3.63) is 23.8 Å². The second-order valence-corrected chi connectivity index (χ2v) is 5.99. The van der Waals surface area contributed by atoms with Gasteiger partial charge in [0.1, 0.15) is 0 Å². The molecule has 1 aliphatic heterocycles. The van der Waals surface area contributed by atoms with Crippen LogP contribution in [0.1, 0.15) is 38.7 Å². The van der Waals surface area contributed by atoms with Crippen LogP contribution in [-0.2, 0) is 6.54 Å². The van der Waals surface area contributed by atoms with Crippen LogP contribution in [-0.4, -0.2) is 36.7 Å². The van der Waals surface area contributed by atoms with Crippen LogP contribution in [0.4, 0.5) is 8.78 Å². The summed E-state index contributed by atoms with van der Waals surface area (Å²) < 4.78 is 34.9. The Hall–Kier alpha value is -1.11. The molecule has 1 saturated heterocycles. The van der Waals surface area contributed by atoms with Gasteiger partial charge in [0.05, 0.1) is 6.61 Å². The molecule has 2 atom stereocenters. The molecule has 7 heteroatoms. The third kappa shape index (κ3) is 5.76. The lowest BCUT2D eigenvalue weighted by Crippen LogP contribution is -2.48. The van der Waals surface area contributed by atoms with E-state index in [-0.39, 0.29) is 24.2 Å². The van der Waals surface area contributed by atoms with E-state index >= 15 is 0 Å². The van der Waals surface area contributed by atoms with E-state index in [1.54, 1.807) is 12.1 Å². The lowest BCUT2D eigenvalue weighted by Gasteiger charge is -2.38. The highest BCUT2D eigenvalue weighted by atomic mass is 35.5. The first-order chi connectivity index (χ1) is 11.0. The predicted octanol–water partition coefficient (Wildman–Crippen LogP) is 3.81. The summed E-state index contributed by atoms with van der Waals surface area (Å²) in [6.07, 6.45) is 3.46. The maximum atomic E-state index is 12.5. The third-order valence-electron chi connectivity index (χ3n) is 4.18. The molecule has 1 fully saturated rings. The number of hydrogen-bond acceptors (Lipinski definition) is 4. The predicted molar refractivity (Wildman–Crippen MR) is 93.2 cm³/mol. The summed E-state index contributed by atoms with van der Waals surface area (Å²) in [6.45, 7) is 3.13. The fourth-order valence-electron chi connectivity index (χ4n) is 3.16. The molecule has 1 aliphatic rings. The van der Waals surface area contributed by atoms with Crippen molar-refractivity contribution in [2.75, 3.05) is 13.2 Å². The first-order valence-electron chi connectivity index (χ1n) is 8.21. The Bertz CT molecular complexity index is 503. The Morgan fingerprint density at radius 2 is 2.04 bits per heavy atom. The topological polar surface area (TPSA) is 47.7 Å². The Labute approximate surface area is 148 Å². The number of nitrogens with two attached hydrogens (primary N) is 1. The Balaban J connectivity index is 0.00000288. The normalized spacial score (nSPS) is 19.7. The molecule has 0 aromatic heterocycles. The number of piperidine rings is 1. The SMILES string of the molecule is CCOc1cc(CN2CCCCC2C(C)N)ccc1OC(F)F.Cl. The van der Waals surface area contributed by atoms with Crippen LogP contribution in [0.15, 0.2) is 18.2 Å². The van der Waals surface area contributed by atoms with Crippen LogP contribution < -0.4 is 15.2 Å². The van der Waals surface area contributed by atoms with E-state index in [9.17, 15) is 8.78 Å². The van der Waals surface area contributed by atoms with Gasteiger partial charge in [0, 0.05) is 18.6 Å². The van der Waals surface area contributed by atoms with E-state index in [1.807, 2.05) is 19.9 Å². The van der Waals surface area contributed by atoms with Gasteiger partial charge in [0.2, 0.25) is 0 Å². The van der Waals surface area contributed by atoms with Crippen LogP contribution in [0.2, 0.25) is 0 Å². The molecule has 2 rings (SSSR count). The zero-order valence-electron chi connectivity index (χ0n) is 14.2. The summed E-state index contributed by atoms with van der Waals surface area (Å²) in [5.41, 5.74) is 7.11. The highest BCUT2D eigenvalue weighted by molar-refractivity contribution is 5.85. The third-order valence-corrected chi connectivity index (χ3v) is 4.18. The van der Waals surface area contributed by atoms with Crippen molar-refractivity contribution in [2.24, 2.45) is 5.73 Å². The summed E-state index contributed by atoms with van der Waals surface area (Å²) >= 11 is 0. The smallest absolute Gasteiger partial charge is 0.387 e. The molecule has 1 aromatic carbocycles. The Kier molecular flexibility index (Phi) is 8.73. The molecular formula is C17H27ClF2N2O2. The van der Waals surface area contributed by atoms with Gasteiger partial charge in [-0.25, -0.2) is 0 Å². The van der Waals surface area contributed by atoms with E-state index in [4.69, 9.17) is 10.5 Å². The average molecular weight is 365 g/mol. The Morgan fingerprint density at radius 3 is 2.67 bits per heavy atom. The van der Waals surface area contributed by atoms with E-state index in [2.05, 4.69) is 9.64 Å². The molecule has 0 spiro atoms. The minimum Gasteiger partial charge on any atom is -0.490 e. The number of benzene rings is 1. The molecule has 2 N–H and O–H groups in total. The first kappa shape index (κ1) is 20.9. The van der Waals surface area contributed by atoms with Crippen molar-refractivity contribution in [2.45, 2.75) is 58.3 Å². The lowest BCUT2D eigenvalue weighted by atomic mass is 9.96. The van der Waals surface area contributed by atoms with Crippen molar-refractivity contribution in [3.8, 4) is 11.5 Å². The molecular weight excluding hydrogens is 338 g/mol. The minimum atomic E-state index is -2.86. The first-order valence-corrected chi connectivity index (χ1v) is 8.21. The van der Waals surface area contributed by atoms with Gasteiger partial charge < -0.3 is 15.2 Å². The number of nitrogens with zero attached hydrogens (tertiary/aromatic N) is 1. The highest BCUT2D eigenvalue weighted by Crippen LogP contribution is 2.31. The van der Waals surface area contributed by atoms with Gasteiger partial charge in [0.15, 0.2) is 11.5 Å². The standard InChI is InChI=1S/C17H26F2N2O2.ClH/c1-3-22-16-10-13(7-8-15(16)23-17(18)19)11-21-9-5-4-6-14(21)12(2)20;/h7-8,10,12,14,17H,3-6,9,11,20H2,1-2H3;1H. The molecule has 1 aromatic rings. The van der Waals surface area contributed by atoms with Crippen LogP contribution in [0, 0.1) is 0 Å². The van der Waals surface area contributed by atoms with E-state index in [1.165, 1.54) is 6.42 Å². The second kappa shape index (κ2) is 10.0. The molecule has 0 aliphatic carbocycles. The maximum absolute atomic E-state index is 12.5. The van der Waals surface area contributed by atoms with Crippen molar-refractivity contribution in [1.82, 2.24) is 4.90 Å². The van der Waals surface area contributed by atoms with Crippen LogP contribution in [0.25, 0.3) is 0 Å². The van der Waals surface area contributed by atoms with Crippen LogP contribution in [0.5, 0.6) is 11.5 Å². The zero-order chi connectivity index (χ0) is 16.8. The zero-order valence-corrected chi connectivity index (χ0v) is 15.0. The van der Waals surface area contributed by atoms with Gasteiger partial charge in [0.25, 0.3) is 0 Å². The average Bonchev–Trinajstić information content (AvgIpc) is 2.50. The summed E-state index contributed by atoms with van der Waals surface area (Å²) in [5.74, 6) is 0.438. The molecule has 0 amide bonds. The number of hydrogen-bond donors (Lipinski definition) is 1. The molecule has 2 unspecified atom stereocenters. The molecule has 4 nitrogen and oxygen atoms in total. The van der Waals surface area contributed by atoms with E-state index in [0.717, 1.165) is 31.5 Å². The minimum absolute atomic E-state index is 0. The number of alkyl halides is 2. The summed E-state index contributed by atoms with van der Waals surface area (Å²) in [5, 5.41) is 0. The summed E-state index contributed by atoms with van der Waals surface area (Å²) in [6, 6.07) is 5.62. The van der Waals surface area contributed by atoms with E-state index < -0.39 is 6.61 Å².